The molecular weight excluding hydrogens is 302 g/mol. The number of carbonyl (C=O) groups excluding carboxylic acids is 1. The second-order valence-corrected chi connectivity index (χ2v) is 7.87. The molecule has 1 saturated carbocycles. The molecule has 1 saturated heterocycles. The normalized spacial score (nSPS) is 32.3. The van der Waals surface area contributed by atoms with Gasteiger partial charge in [-0.2, -0.15) is 0 Å². The van der Waals surface area contributed by atoms with Gasteiger partial charge in [0.1, 0.15) is 0 Å². The van der Waals surface area contributed by atoms with Gasteiger partial charge in [-0.15, -0.1) is 0 Å². The number of nitrogens with one attached hydrogen (secondary N) is 1. The largest absolute Gasteiger partial charge is 0.395 e. The molecule has 1 amide bonds. The van der Waals surface area contributed by atoms with Gasteiger partial charge in [-0.25, -0.2) is 0 Å². The molecule has 2 N–H and O–H groups in total. The highest BCUT2D eigenvalue weighted by atomic mass is 16.3. The number of hydrogen-bond acceptors (Lipinski definition) is 4. The zero-order valence-electron chi connectivity index (χ0n) is 16.0. The number of piperazine rings is 1. The number of aliphatic hydroxyl groups is 1. The molecule has 2 fully saturated rings. The van der Waals surface area contributed by atoms with Crippen LogP contribution in [0.5, 0.6) is 0 Å². The summed E-state index contributed by atoms with van der Waals surface area (Å²) in [4.78, 5) is 17.3. The fraction of sp³-hybridized carbons (Fsp3) is 0.947. The van der Waals surface area contributed by atoms with E-state index in [1.165, 1.54) is 12.8 Å². The third kappa shape index (κ3) is 4.70. The third-order valence-electron chi connectivity index (χ3n) is 6.51. The predicted octanol–water partition coefficient (Wildman–Crippen LogP) is 1.70. The summed E-state index contributed by atoms with van der Waals surface area (Å²) in [7, 11) is 0. The molecule has 5 nitrogen and oxygen atoms in total. The Morgan fingerprint density at radius 3 is 2.38 bits per heavy atom. The minimum atomic E-state index is -0.0641. The molecule has 1 aliphatic heterocycles. The Morgan fingerprint density at radius 2 is 1.79 bits per heavy atom. The van der Waals surface area contributed by atoms with E-state index in [0.717, 1.165) is 39.0 Å². The Bertz CT molecular complexity index is 392. The highest BCUT2D eigenvalue weighted by Gasteiger charge is 2.32. The molecule has 24 heavy (non-hydrogen) atoms. The van der Waals surface area contributed by atoms with Crippen LogP contribution in [0.1, 0.15) is 53.4 Å². The van der Waals surface area contributed by atoms with Crippen molar-refractivity contribution in [2.24, 2.45) is 11.8 Å². The summed E-state index contributed by atoms with van der Waals surface area (Å²) < 4.78 is 0. The van der Waals surface area contributed by atoms with Gasteiger partial charge < -0.3 is 10.4 Å². The van der Waals surface area contributed by atoms with Crippen molar-refractivity contribution in [3.8, 4) is 0 Å². The van der Waals surface area contributed by atoms with Crippen molar-refractivity contribution >= 4 is 5.91 Å². The van der Waals surface area contributed by atoms with Gasteiger partial charge in [0.05, 0.1) is 12.6 Å². The van der Waals surface area contributed by atoms with Gasteiger partial charge in [-0.3, -0.25) is 14.6 Å². The first kappa shape index (κ1) is 19.7. The fourth-order valence-electron chi connectivity index (χ4n) is 4.25. The first-order valence-corrected chi connectivity index (χ1v) is 9.87. The Labute approximate surface area is 147 Å². The number of hydrogen-bond donors (Lipinski definition) is 2. The Morgan fingerprint density at radius 1 is 1.17 bits per heavy atom. The SMILES string of the molecule is CCC(CO)N1CCN(C(C)C(=O)NC2CCCC(C)C2C)CC1. The molecule has 0 spiro atoms. The second-order valence-electron chi connectivity index (χ2n) is 7.87. The van der Waals surface area contributed by atoms with E-state index in [-0.39, 0.29) is 24.6 Å². The number of carbonyl (C=O) groups is 1. The standard InChI is InChI=1S/C19H37N3O2/c1-5-17(13-23)22-11-9-21(10-12-22)16(4)19(24)20-18-8-6-7-14(2)15(18)3/h14-18,23H,5-13H2,1-4H3,(H,20,24). The van der Waals surface area contributed by atoms with Crippen LogP contribution in [0.2, 0.25) is 0 Å². The zero-order chi connectivity index (χ0) is 17.7. The smallest absolute Gasteiger partial charge is 0.237 e. The minimum absolute atomic E-state index is 0.0641. The minimum Gasteiger partial charge on any atom is -0.395 e. The molecule has 0 radical (unpaired) electrons. The third-order valence-corrected chi connectivity index (χ3v) is 6.51. The van der Waals surface area contributed by atoms with Gasteiger partial charge in [-0.05, 0) is 31.6 Å². The number of rotatable bonds is 6. The van der Waals surface area contributed by atoms with Crippen LogP contribution >= 0.6 is 0 Å². The van der Waals surface area contributed by atoms with Crippen LogP contribution in [0.4, 0.5) is 0 Å². The maximum Gasteiger partial charge on any atom is 0.237 e. The quantitative estimate of drug-likeness (QED) is 0.773. The van der Waals surface area contributed by atoms with E-state index in [0.29, 0.717) is 17.9 Å². The Kier molecular flexibility index (Phi) is 7.51. The van der Waals surface area contributed by atoms with Crippen molar-refractivity contribution in [3.63, 3.8) is 0 Å². The van der Waals surface area contributed by atoms with Crippen LogP contribution in [0.15, 0.2) is 0 Å². The summed E-state index contributed by atoms with van der Waals surface area (Å²) in [5, 5.41) is 12.8. The first-order chi connectivity index (χ1) is 11.5. The molecule has 5 unspecified atom stereocenters. The van der Waals surface area contributed by atoms with E-state index in [4.69, 9.17) is 0 Å². The van der Waals surface area contributed by atoms with E-state index in [2.05, 4.69) is 35.9 Å². The number of aliphatic hydroxyl groups excluding tert-OH is 1. The number of nitrogens with zero attached hydrogens (tertiary/aromatic N) is 2. The van der Waals surface area contributed by atoms with Crippen LogP contribution in [0, 0.1) is 11.8 Å². The lowest BCUT2D eigenvalue weighted by molar-refractivity contribution is -0.128. The van der Waals surface area contributed by atoms with Gasteiger partial charge in [0.15, 0.2) is 0 Å². The highest BCUT2D eigenvalue weighted by molar-refractivity contribution is 5.81. The Hall–Kier alpha value is -0.650. The van der Waals surface area contributed by atoms with Crippen molar-refractivity contribution in [1.82, 2.24) is 15.1 Å². The molecule has 5 atom stereocenters. The average Bonchev–Trinajstić information content (AvgIpc) is 2.60. The summed E-state index contributed by atoms with van der Waals surface area (Å²) in [5.41, 5.74) is 0. The van der Waals surface area contributed by atoms with Crippen LogP contribution in [0.3, 0.4) is 0 Å². The monoisotopic (exact) mass is 339 g/mol. The van der Waals surface area contributed by atoms with Crippen molar-refractivity contribution in [3.05, 3.63) is 0 Å². The topological polar surface area (TPSA) is 55.8 Å². The van der Waals surface area contributed by atoms with E-state index >= 15 is 0 Å². The highest BCUT2D eigenvalue weighted by Crippen LogP contribution is 2.29. The van der Waals surface area contributed by atoms with Crippen molar-refractivity contribution < 1.29 is 9.90 Å². The summed E-state index contributed by atoms with van der Waals surface area (Å²) in [6.45, 7) is 12.6. The maximum atomic E-state index is 12.7. The van der Waals surface area contributed by atoms with E-state index in [9.17, 15) is 9.90 Å². The van der Waals surface area contributed by atoms with Crippen molar-refractivity contribution in [2.45, 2.75) is 71.5 Å². The van der Waals surface area contributed by atoms with Crippen LogP contribution in [-0.4, -0.2) is 71.7 Å². The molecular formula is C19H37N3O2. The van der Waals surface area contributed by atoms with E-state index in [1.54, 1.807) is 0 Å². The Balaban J connectivity index is 1.81. The second kappa shape index (κ2) is 9.16. The van der Waals surface area contributed by atoms with Crippen molar-refractivity contribution in [2.75, 3.05) is 32.8 Å². The van der Waals surface area contributed by atoms with E-state index < -0.39 is 0 Å². The van der Waals surface area contributed by atoms with E-state index in [1.807, 2.05) is 6.92 Å². The lowest BCUT2D eigenvalue weighted by atomic mass is 9.78. The fourth-order valence-corrected chi connectivity index (χ4v) is 4.25. The number of amides is 1. The maximum absolute atomic E-state index is 12.7. The van der Waals surface area contributed by atoms with Crippen LogP contribution < -0.4 is 5.32 Å². The molecule has 1 aliphatic carbocycles. The average molecular weight is 340 g/mol. The molecule has 2 aliphatic rings. The van der Waals surface area contributed by atoms with Crippen LogP contribution in [-0.2, 0) is 4.79 Å². The lowest BCUT2D eigenvalue weighted by Gasteiger charge is -2.41. The summed E-state index contributed by atoms with van der Waals surface area (Å²) in [5.74, 6) is 1.46. The van der Waals surface area contributed by atoms with Gasteiger partial charge in [0, 0.05) is 38.3 Å². The predicted molar refractivity (Wildman–Crippen MR) is 97.9 cm³/mol. The zero-order valence-corrected chi connectivity index (χ0v) is 16.0. The molecule has 2 rings (SSSR count). The summed E-state index contributed by atoms with van der Waals surface area (Å²) in [6, 6.07) is 0.537. The molecule has 0 bridgehead atoms. The van der Waals surface area contributed by atoms with Gasteiger partial charge >= 0.3 is 0 Å². The molecule has 140 valence electrons. The molecule has 0 aromatic heterocycles. The molecule has 0 aromatic carbocycles. The molecule has 1 heterocycles. The summed E-state index contributed by atoms with van der Waals surface area (Å²) in [6.07, 6.45) is 4.61. The summed E-state index contributed by atoms with van der Waals surface area (Å²) >= 11 is 0. The molecule has 0 aromatic rings. The first-order valence-electron chi connectivity index (χ1n) is 9.87. The van der Waals surface area contributed by atoms with Crippen LogP contribution in [0.25, 0.3) is 0 Å². The molecule has 5 heteroatoms. The lowest BCUT2D eigenvalue weighted by Crippen LogP contribution is -2.57. The van der Waals surface area contributed by atoms with Gasteiger partial charge in [-0.1, -0.05) is 33.6 Å². The van der Waals surface area contributed by atoms with Gasteiger partial charge in [0.25, 0.3) is 0 Å². The van der Waals surface area contributed by atoms with Crippen molar-refractivity contribution in [1.29, 1.82) is 0 Å². The van der Waals surface area contributed by atoms with Gasteiger partial charge in [0.2, 0.25) is 5.91 Å².